The maximum Gasteiger partial charge on any atom is 0.195 e. The van der Waals surface area contributed by atoms with E-state index in [1.807, 2.05) is 6.07 Å². The number of aliphatic hydroxyl groups excluding tert-OH is 1. The van der Waals surface area contributed by atoms with Crippen molar-refractivity contribution in [2.75, 3.05) is 26.4 Å². The van der Waals surface area contributed by atoms with Gasteiger partial charge in [-0.1, -0.05) is 18.2 Å². The molecule has 5 nitrogen and oxygen atoms in total. The molecule has 2 aromatic carbocycles. The van der Waals surface area contributed by atoms with Gasteiger partial charge in [0.15, 0.2) is 17.3 Å². The van der Waals surface area contributed by atoms with Crippen LogP contribution in [0.1, 0.15) is 41.5 Å². The van der Waals surface area contributed by atoms with Crippen molar-refractivity contribution >= 4 is 0 Å². The molecular weight excluding hydrogens is 356 g/mol. The first-order chi connectivity index (χ1) is 13.6. The van der Waals surface area contributed by atoms with Gasteiger partial charge in [0.1, 0.15) is 18.8 Å². The van der Waals surface area contributed by atoms with Crippen LogP contribution < -0.4 is 9.47 Å². The predicted octanol–water partition coefficient (Wildman–Crippen LogP) is 3.47. The monoisotopic (exact) mass is 382 g/mol. The second kappa shape index (κ2) is 6.76. The Bertz CT molecular complexity index is 895. The molecule has 28 heavy (non-hydrogen) atoms. The van der Waals surface area contributed by atoms with Gasteiger partial charge in [0.05, 0.1) is 13.2 Å². The lowest BCUT2D eigenvalue weighted by Crippen LogP contribution is -2.42. The minimum Gasteiger partial charge on any atom is -0.486 e. The van der Waals surface area contributed by atoms with Crippen molar-refractivity contribution in [3.05, 3.63) is 58.7 Å². The van der Waals surface area contributed by atoms with Crippen molar-refractivity contribution < 1.29 is 24.1 Å². The zero-order valence-corrected chi connectivity index (χ0v) is 16.2. The molecule has 2 aromatic rings. The molecule has 148 valence electrons. The molecular formula is C23H26O5. The molecule has 1 N–H and O–H groups in total. The number of aryl methyl sites for hydroxylation is 1. The van der Waals surface area contributed by atoms with Crippen LogP contribution in [0.5, 0.6) is 11.5 Å². The summed E-state index contributed by atoms with van der Waals surface area (Å²) >= 11 is 0. The van der Waals surface area contributed by atoms with E-state index in [4.69, 9.17) is 18.9 Å². The first kappa shape index (κ1) is 18.0. The highest BCUT2D eigenvalue weighted by molar-refractivity contribution is 5.46. The summed E-state index contributed by atoms with van der Waals surface area (Å²) in [5.74, 6) is 0.907. The van der Waals surface area contributed by atoms with Crippen LogP contribution in [0.25, 0.3) is 0 Å². The molecule has 3 aliphatic rings. The lowest BCUT2D eigenvalue weighted by Gasteiger charge is -2.37. The van der Waals surface area contributed by atoms with Crippen LogP contribution in [0.15, 0.2) is 36.4 Å². The van der Waals surface area contributed by atoms with Gasteiger partial charge in [0, 0.05) is 12.0 Å². The lowest BCUT2D eigenvalue weighted by atomic mass is 9.89. The first-order valence-electron chi connectivity index (χ1n) is 10.1. The number of ether oxygens (including phenoxy) is 4. The average molecular weight is 382 g/mol. The molecule has 0 aromatic heterocycles. The molecule has 0 amide bonds. The van der Waals surface area contributed by atoms with E-state index in [0.717, 1.165) is 42.7 Å². The van der Waals surface area contributed by atoms with E-state index in [1.54, 1.807) is 0 Å². The van der Waals surface area contributed by atoms with E-state index in [0.29, 0.717) is 19.8 Å². The van der Waals surface area contributed by atoms with Crippen LogP contribution in [0.4, 0.5) is 0 Å². The van der Waals surface area contributed by atoms with Gasteiger partial charge in [0.25, 0.3) is 0 Å². The smallest absolute Gasteiger partial charge is 0.195 e. The largest absolute Gasteiger partial charge is 0.486 e. The molecule has 0 unspecified atom stereocenters. The Balaban J connectivity index is 1.44. The summed E-state index contributed by atoms with van der Waals surface area (Å²) in [5.41, 5.74) is 4.16. The number of rotatable bonds is 4. The Kier molecular flexibility index (Phi) is 4.34. The molecule has 0 saturated carbocycles. The molecule has 5 rings (SSSR count). The van der Waals surface area contributed by atoms with Crippen LogP contribution in [-0.2, 0) is 21.7 Å². The van der Waals surface area contributed by atoms with E-state index >= 15 is 0 Å². The Morgan fingerprint density at radius 2 is 1.86 bits per heavy atom. The quantitative estimate of drug-likeness (QED) is 0.878. The normalized spacial score (nSPS) is 28.4. The average Bonchev–Trinajstić information content (AvgIpc) is 3.01. The number of aliphatic hydroxyl groups is 1. The summed E-state index contributed by atoms with van der Waals surface area (Å²) in [4.78, 5) is 0. The van der Waals surface area contributed by atoms with Gasteiger partial charge >= 0.3 is 0 Å². The summed E-state index contributed by atoms with van der Waals surface area (Å²) in [6.45, 7) is 3.78. The van der Waals surface area contributed by atoms with Crippen LogP contribution in [0.3, 0.4) is 0 Å². The molecule has 2 bridgehead atoms. The number of fused-ring (bicyclic) bond motifs is 3. The SMILES string of the molecule is Cc1ccc([C@@]23CCC[C@](CO)(CO2)O3)cc1Cc1ccc2c(c1)OCCO2. The van der Waals surface area contributed by atoms with Crippen molar-refractivity contribution in [1.82, 2.24) is 0 Å². The highest BCUT2D eigenvalue weighted by Crippen LogP contribution is 2.49. The maximum absolute atomic E-state index is 9.79. The molecule has 2 atom stereocenters. The van der Waals surface area contributed by atoms with Crippen molar-refractivity contribution in [1.29, 1.82) is 0 Å². The van der Waals surface area contributed by atoms with E-state index in [-0.39, 0.29) is 6.61 Å². The zero-order chi connectivity index (χ0) is 19.2. The van der Waals surface area contributed by atoms with Gasteiger partial charge in [-0.3, -0.25) is 0 Å². The Hall–Kier alpha value is -2.08. The van der Waals surface area contributed by atoms with Gasteiger partial charge < -0.3 is 24.1 Å². The molecule has 3 aliphatic heterocycles. The number of benzene rings is 2. The van der Waals surface area contributed by atoms with Gasteiger partial charge in [-0.15, -0.1) is 0 Å². The van der Waals surface area contributed by atoms with Crippen LogP contribution in [-0.4, -0.2) is 37.1 Å². The standard InChI is InChI=1S/C23H26O5/c1-16-3-5-19(23-8-2-7-22(14-24,28-23)15-27-23)13-18(16)11-17-4-6-20-21(12-17)26-10-9-25-20/h3-6,12-13,24H,2,7-11,14-15H2,1H3/t22-,23-/m0/s1. The first-order valence-corrected chi connectivity index (χ1v) is 10.1. The van der Waals surface area contributed by atoms with Crippen molar-refractivity contribution in [2.24, 2.45) is 0 Å². The van der Waals surface area contributed by atoms with Gasteiger partial charge in [-0.25, -0.2) is 0 Å². The zero-order valence-electron chi connectivity index (χ0n) is 16.2. The Morgan fingerprint density at radius 3 is 2.71 bits per heavy atom. The molecule has 2 saturated heterocycles. The Labute approximate surface area is 165 Å². The summed E-state index contributed by atoms with van der Waals surface area (Å²) < 4.78 is 23.8. The maximum atomic E-state index is 9.79. The fraction of sp³-hybridized carbons (Fsp3) is 0.478. The highest BCUT2D eigenvalue weighted by atomic mass is 16.8. The van der Waals surface area contributed by atoms with E-state index in [1.165, 1.54) is 16.7 Å². The minimum atomic E-state index is -0.726. The molecule has 0 spiro atoms. The van der Waals surface area contributed by atoms with Crippen molar-refractivity contribution in [3.63, 3.8) is 0 Å². The van der Waals surface area contributed by atoms with E-state index < -0.39 is 11.4 Å². The number of hydrogen-bond donors (Lipinski definition) is 1. The van der Waals surface area contributed by atoms with Crippen LogP contribution >= 0.6 is 0 Å². The molecule has 3 heterocycles. The van der Waals surface area contributed by atoms with Crippen molar-refractivity contribution in [2.45, 2.75) is 44.0 Å². The minimum absolute atomic E-state index is 0.00463. The fourth-order valence-electron chi connectivity index (χ4n) is 4.51. The summed E-state index contributed by atoms with van der Waals surface area (Å²) in [6, 6.07) is 12.6. The molecule has 5 heteroatoms. The molecule has 0 aliphatic carbocycles. The summed E-state index contributed by atoms with van der Waals surface area (Å²) in [5, 5.41) is 9.79. The second-order valence-corrected chi connectivity index (χ2v) is 8.13. The van der Waals surface area contributed by atoms with E-state index in [2.05, 4.69) is 37.3 Å². The van der Waals surface area contributed by atoms with Crippen molar-refractivity contribution in [3.8, 4) is 11.5 Å². The molecule has 2 fully saturated rings. The second-order valence-electron chi connectivity index (χ2n) is 8.13. The van der Waals surface area contributed by atoms with Gasteiger partial charge in [0.2, 0.25) is 0 Å². The summed E-state index contributed by atoms with van der Waals surface area (Å²) in [6.07, 6.45) is 3.46. The summed E-state index contributed by atoms with van der Waals surface area (Å²) in [7, 11) is 0. The lowest BCUT2D eigenvalue weighted by molar-refractivity contribution is -0.227. The fourth-order valence-corrected chi connectivity index (χ4v) is 4.51. The third-order valence-corrected chi connectivity index (χ3v) is 6.17. The third kappa shape index (κ3) is 2.98. The predicted molar refractivity (Wildman–Crippen MR) is 104 cm³/mol. The Morgan fingerprint density at radius 1 is 1.00 bits per heavy atom. The van der Waals surface area contributed by atoms with Gasteiger partial charge in [-0.2, -0.15) is 0 Å². The third-order valence-electron chi connectivity index (χ3n) is 6.17. The van der Waals surface area contributed by atoms with Gasteiger partial charge in [-0.05, 0) is 61.1 Å². The molecule has 0 radical (unpaired) electrons. The van der Waals surface area contributed by atoms with E-state index in [9.17, 15) is 5.11 Å². The topological polar surface area (TPSA) is 57.2 Å². The highest BCUT2D eigenvalue weighted by Gasteiger charge is 2.54. The van der Waals surface area contributed by atoms with Crippen LogP contribution in [0, 0.1) is 6.92 Å². The number of hydrogen-bond acceptors (Lipinski definition) is 5. The van der Waals surface area contributed by atoms with Crippen LogP contribution in [0.2, 0.25) is 0 Å².